The van der Waals surface area contributed by atoms with E-state index in [9.17, 15) is 4.79 Å². The van der Waals surface area contributed by atoms with Gasteiger partial charge >= 0.3 is 0 Å². The zero-order valence-electron chi connectivity index (χ0n) is 11.0. The second kappa shape index (κ2) is 6.39. The molecule has 0 spiro atoms. The molecule has 0 fully saturated rings. The number of nitrogens with one attached hydrogen (secondary N) is 1. The Bertz CT molecular complexity index is 477. The van der Waals surface area contributed by atoms with Crippen molar-refractivity contribution in [3.05, 3.63) is 27.7 Å². The van der Waals surface area contributed by atoms with Gasteiger partial charge in [0.05, 0.1) is 6.61 Å². The largest absolute Gasteiger partial charge is 0.493 e. The van der Waals surface area contributed by atoms with Crippen LogP contribution in [0.15, 0.2) is 16.6 Å². The summed E-state index contributed by atoms with van der Waals surface area (Å²) < 4.78 is 6.65. The quantitative estimate of drug-likeness (QED) is 0.869. The molecule has 1 aromatic rings. The first kappa shape index (κ1) is 14.3. The maximum Gasteiger partial charge on any atom is 0.220 e. The van der Waals surface area contributed by atoms with Crippen LogP contribution in [0.1, 0.15) is 24.5 Å². The molecule has 3 N–H and O–H groups in total. The second-order valence-electron chi connectivity index (χ2n) is 4.97. The monoisotopic (exact) mass is 326 g/mol. The standard InChI is InChI=1S/C14H19BrN2O2/c1-9(7-16)4-13(18)17-8-11-6-12(15)5-10-2-3-19-14(10)11/h5-6,9H,2-4,7-8,16H2,1H3,(H,17,18). The van der Waals surface area contributed by atoms with E-state index in [4.69, 9.17) is 10.5 Å². The Balaban J connectivity index is 1.98. The van der Waals surface area contributed by atoms with Gasteiger partial charge in [-0.25, -0.2) is 0 Å². The highest BCUT2D eigenvalue weighted by Crippen LogP contribution is 2.32. The number of ether oxygens (including phenoxy) is 1. The summed E-state index contributed by atoms with van der Waals surface area (Å²) in [4.78, 5) is 11.8. The number of carbonyl (C=O) groups is 1. The summed E-state index contributed by atoms with van der Waals surface area (Å²) in [6.07, 6.45) is 1.40. The van der Waals surface area contributed by atoms with Crippen LogP contribution in [0, 0.1) is 5.92 Å². The number of hydrogen-bond donors (Lipinski definition) is 2. The lowest BCUT2D eigenvalue weighted by molar-refractivity contribution is -0.122. The lowest BCUT2D eigenvalue weighted by Crippen LogP contribution is -2.26. The molecule has 4 nitrogen and oxygen atoms in total. The molecule has 1 amide bonds. The van der Waals surface area contributed by atoms with Crippen molar-refractivity contribution < 1.29 is 9.53 Å². The summed E-state index contributed by atoms with van der Waals surface area (Å²) >= 11 is 3.49. The van der Waals surface area contributed by atoms with Gasteiger partial charge in [-0.3, -0.25) is 4.79 Å². The minimum atomic E-state index is 0.0321. The highest BCUT2D eigenvalue weighted by Gasteiger charge is 2.18. The van der Waals surface area contributed by atoms with Crippen LogP contribution in [-0.4, -0.2) is 19.1 Å². The van der Waals surface area contributed by atoms with E-state index in [0.29, 0.717) is 19.5 Å². The zero-order chi connectivity index (χ0) is 13.8. The molecule has 1 aromatic carbocycles. The molecule has 1 unspecified atom stereocenters. The fourth-order valence-electron chi connectivity index (χ4n) is 2.14. The van der Waals surface area contributed by atoms with Crippen LogP contribution in [0.2, 0.25) is 0 Å². The minimum Gasteiger partial charge on any atom is -0.493 e. The first-order valence-electron chi connectivity index (χ1n) is 6.51. The Morgan fingerprint density at radius 1 is 1.58 bits per heavy atom. The Morgan fingerprint density at radius 2 is 2.37 bits per heavy atom. The first-order valence-corrected chi connectivity index (χ1v) is 7.30. The topological polar surface area (TPSA) is 64.4 Å². The molecule has 0 saturated carbocycles. The smallest absolute Gasteiger partial charge is 0.220 e. The van der Waals surface area contributed by atoms with Gasteiger partial charge in [-0.2, -0.15) is 0 Å². The Morgan fingerprint density at radius 3 is 3.11 bits per heavy atom. The number of hydrogen-bond acceptors (Lipinski definition) is 3. The molecule has 1 aliphatic rings. The molecule has 0 aromatic heterocycles. The molecule has 0 radical (unpaired) electrons. The SMILES string of the molecule is CC(CN)CC(=O)NCc1cc(Br)cc2c1OCC2. The Labute approximate surface area is 121 Å². The normalized spacial score (nSPS) is 14.7. The van der Waals surface area contributed by atoms with E-state index in [2.05, 4.69) is 27.3 Å². The van der Waals surface area contributed by atoms with E-state index in [1.165, 1.54) is 5.56 Å². The predicted octanol–water partition coefficient (Wildman–Crippen LogP) is 1.99. The molecule has 5 heteroatoms. The number of halogens is 1. The molecule has 19 heavy (non-hydrogen) atoms. The van der Waals surface area contributed by atoms with E-state index in [0.717, 1.165) is 28.8 Å². The summed E-state index contributed by atoms with van der Waals surface area (Å²) in [5.74, 6) is 1.17. The predicted molar refractivity (Wildman–Crippen MR) is 78.0 cm³/mol. The van der Waals surface area contributed by atoms with Gasteiger partial charge in [0.1, 0.15) is 5.75 Å². The zero-order valence-corrected chi connectivity index (χ0v) is 12.6. The van der Waals surface area contributed by atoms with Crippen LogP contribution in [0.4, 0.5) is 0 Å². The Kier molecular flexibility index (Phi) is 4.82. The van der Waals surface area contributed by atoms with Crippen LogP contribution < -0.4 is 15.8 Å². The van der Waals surface area contributed by atoms with Crippen LogP contribution >= 0.6 is 15.9 Å². The van der Waals surface area contributed by atoms with Crippen LogP contribution in [-0.2, 0) is 17.8 Å². The van der Waals surface area contributed by atoms with Crippen molar-refractivity contribution in [3.63, 3.8) is 0 Å². The molecule has 1 aliphatic heterocycles. The number of fused-ring (bicyclic) bond motifs is 1. The highest BCUT2D eigenvalue weighted by atomic mass is 79.9. The maximum absolute atomic E-state index is 11.8. The number of nitrogens with two attached hydrogens (primary N) is 1. The van der Waals surface area contributed by atoms with E-state index in [1.54, 1.807) is 0 Å². The summed E-state index contributed by atoms with van der Waals surface area (Å²) in [6, 6.07) is 4.07. The van der Waals surface area contributed by atoms with Crippen LogP contribution in [0.3, 0.4) is 0 Å². The third-order valence-electron chi connectivity index (χ3n) is 3.24. The van der Waals surface area contributed by atoms with Crippen molar-refractivity contribution in [2.45, 2.75) is 26.3 Å². The molecular formula is C14H19BrN2O2. The molecule has 2 rings (SSSR count). The number of benzene rings is 1. The van der Waals surface area contributed by atoms with Crippen LogP contribution in [0.25, 0.3) is 0 Å². The van der Waals surface area contributed by atoms with Gasteiger partial charge in [-0.1, -0.05) is 22.9 Å². The van der Waals surface area contributed by atoms with Gasteiger partial charge in [0.25, 0.3) is 0 Å². The molecule has 0 bridgehead atoms. The summed E-state index contributed by atoms with van der Waals surface area (Å²) in [7, 11) is 0. The number of amides is 1. The molecular weight excluding hydrogens is 308 g/mol. The van der Waals surface area contributed by atoms with E-state index < -0.39 is 0 Å². The van der Waals surface area contributed by atoms with Gasteiger partial charge < -0.3 is 15.8 Å². The third kappa shape index (κ3) is 3.70. The van der Waals surface area contributed by atoms with E-state index >= 15 is 0 Å². The molecule has 1 heterocycles. The lowest BCUT2D eigenvalue weighted by Gasteiger charge is -2.12. The number of rotatable bonds is 5. The third-order valence-corrected chi connectivity index (χ3v) is 3.70. The summed E-state index contributed by atoms with van der Waals surface area (Å²) in [5.41, 5.74) is 7.74. The second-order valence-corrected chi connectivity index (χ2v) is 5.89. The van der Waals surface area contributed by atoms with Gasteiger partial charge in [0.2, 0.25) is 5.91 Å². The van der Waals surface area contributed by atoms with Gasteiger partial charge in [0, 0.05) is 29.4 Å². The van der Waals surface area contributed by atoms with Crippen molar-refractivity contribution in [2.75, 3.05) is 13.2 Å². The average molecular weight is 327 g/mol. The van der Waals surface area contributed by atoms with Gasteiger partial charge in [-0.05, 0) is 30.2 Å². The first-order chi connectivity index (χ1) is 9.10. The molecule has 0 aliphatic carbocycles. The van der Waals surface area contributed by atoms with Crippen molar-refractivity contribution >= 4 is 21.8 Å². The van der Waals surface area contributed by atoms with Gasteiger partial charge in [0.15, 0.2) is 0 Å². The van der Waals surface area contributed by atoms with Gasteiger partial charge in [-0.15, -0.1) is 0 Å². The van der Waals surface area contributed by atoms with Crippen LogP contribution in [0.5, 0.6) is 5.75 Å². The highest BCUT2D eigenvalue weighted by molar-refractivity contribution is 9.10. The molecule has 104 valence electrons. The van der Waals surface area contributed by atoms with E-state index in [1.807, 2.05) is 13.0 Å². The summed E-state index contributed by atoms with van der Waals surface area (Å²) in [5, 5.41) is 2.93. The number of carbonyl (C=O) groups excluding carboxylic acids is 1. The fraction of sp³-hybridized carbons (Fsp3) is 0.500. The van der Waals surface area contributed by atoms with Crippen molar-refractivity contribution in [3.8, 4) is 5.75 Å². The van der Waals surface area contributed by atoms with Crippen molar-refractivity contribution in [1.29, 1.82) is 0 Å². The lowest BCUT2D eigenvalue weighted by atomic mass is 10.1. The average Bonchev–Trinajstić information content (AvgIpc) is 2.83. The van der Waals surface area contributed by atoms with Crippen molar-refractivity contribution in [2.24, 2.45) is 11.7 Å². The fourth-order valence-corrected chi connectivity index (χ4v) is 2.70. The molecule has 0 saturated heterocycles. The van der Waals surface area contributed by atoms with E-state index in [-0.39, 0.29) is 11.8 Å². The maximum atomic E-state index is 11.8. The Hall–Kier alpha value is -1.07. The van der Waals surface area contributed by atoms with Crippen molar-refractivity contribution in [1.82, 2.24) is 5.32 Å². The molecule has 1 atom stereocenters. The summed E-state index contributed by atoms with van der Waals surface area (Å²) in [6.45, 7) is 3.72. The minimum absolute atomic E-state index is 0.0321.